The lowest BCUT2D eigenvalue weighted by Crippen LogP contribution is -2.46. The Bertz CT molecular complexity index is 305. The van der Waals surface area contributed by atoms with Crippen molar-refractivity contribution in [2.24, 2.45) is 4.99 Å². The summed E-state index contributed by atoms with van der Waals surface area (Å²) in [6.07, 6.45) is 4.52. The first-order valence-corrected chi connectivity index (χ1v) is 8.44. The largest absolute Gasteiger partial charge is 0.379 e. The Hall–Kier alpha value is -0.850. The Kier molecular flexibility index (Phi) is 10.2. The van der Waals surface area contributed by atoms with Crippen LogP contribution in [0.4, 0.5) is 0 Å². The van der Waals surface area contributed by atoms with Crippen LogP contribution in [0.15, 0.2) is 4.99 Å². The van der Waals surface area contributed by atoms with Crippen LogP contribution in [0, 0.1) is 0 Å². The van der Waals surface area contributed by atoms with Crippen molar-refractivity contribution in [1.29, 1.82) is 0 Å². The molecule has 2 N–H and O–H groups in total. The highest BCUT2D eigenvalue weighted by molar-refractivity contribution is 5.79. The maximum atomic E-state index is 5.75. The average molecular weight is 315 g/mol. The van der Waals surface area contributed by atoms with Crippen molar-refractivity contribution in [1.82, 2.24) is 10.6 Å². The van der Waals surface area contributed by atoms with Gasteiger partial charge in [0, 0.05) is 33.4 Å². The molecule has 1 heterocycles. The minimum Gasteiger partial charge on any atom is -0.379 e. The molecule has 22 heavy (non-hydrogen) atoms. The Morgan fingerprint density at radius 1 is 1.18 bits per heavy atom. The molecule has 6 nitrogen and oxygen atoms in total. The second-order valence-electron chi connectivity index (χ2n) is 5.83. The van der Waals surface area contributed by atoms with E-state index in [1.807, 2.05) is 0 Å². The molecule has 1 rings (SSSR count). The number of hydrogen-bond acceptors (Lipinski definition) is 4. The van der Waals surface area contributed by atoms with E-state index >= 15 is 0 Å². The van der Waals surface area contributed by atoms with Gasteiger partial charge in [-0.3, -0.25) is 4.99 Å². The number of guanidine groups is 1. The quantitative estimate of drug-likeness (QED) is 0.344. The molecule has 0 aromatic rings. The van der Waals surface area contributed by atoms with Gasteiger partial charge in [-0.05, 0) is 26.2 Å². The number of aliphatic imine (C=N–C) groups is 1. The molecule has 0 amide bonds. The Labute approximate surface area is 135 Å². The van der Waals surface area contributed by atoms with Gasteiger partial charge in [0.1, 0.15) is 0 Å². The lowest BCUT2D eigenvalue weighted by Gasteiger charge is -2.24. The summed E-state index contributed by atoms with van der Waals surface area (Å²) in [5, 5.41) is 6.55. The number of nitrogens with zero attached hydrogens (tertiary/aromatic N) is 1. The zero-order chi connectivity index (χ0) is 16.1. The third-order valence-corrected chi connectivity index (χ3v) is 3.71. The van der Waals surface area contributed by atoms with E-state index in [-0.39, 0.29) is 5.60 Å². The first-order valence-electron chi connectivity index (χ1n) is 8.44. The summed E-state index contributed by atoms with van der Waals surface area (Å²) >= 11 is 0. The van der Waals surface area contributed by atoms with Gasteiger partial charge in [-0.25, -0.2) is 0 Å². The van der Waals surface area contributed by atoms with Crippen LogP contribution < -0.4 is 10.6 Å². The fraction of sp³-hybridized carbons (Fsp3) is 0.938. The number of rotatable bonds is 11. The van der Waals surface area contributed by atoms with E-state index in [0.717, 1.165) is 51.5 Å². The number of hydrogen-bond donors (Lipinski definition) is 2. The van der Waals surface area contributed by atoms with Crippen molar-refractivity contribution >= 4 is 5.96 Å². The van der Waals surface area contributed by atoms with E-state index in [4.69, 9.17) is 14.2 Å². The molecule has 0 aromatic carbocycles. The summed E-state index contributed by atoms with van der Waals surface area (Å²) in [5.74, 6) is 0.791. The van der Waals surface area contributed by atoms with Crippen molar-refractivity contribution < 1.29 is 14.2 Å². The molecule has 1 aliphatic heterocycles. The van der Waals surface area contributed by atoms with Crippen molar-refractivity contribution in [3.63, 3.8) is 0 Å². The van der Waals surface area contributed by atoms with Crippen molar-refractivity contribution in [3.8, 4) is 0 Å². The van der Waals surface area contributed by atoms with Gasteiger partial charge >= 0.3 is 0 Å². The number of ether oxygens (including phenoxy) is 3. The Morgan fingerprint density at radius 2 is 1.95 bits per heavy atom. The molecule has 1 unspecified atom stereocenters. The van der Waals surface area contributed by atoms with E-state index in [1.165, 1.54) is 6.42 Å². The highest BCUT2D eigenvalue weighted by Gasteiger charge is 2.29. The fourth-order valence-corrected chi connectivity index (χ4v) is 2.28. The summed E-state index contributed by atoms with van der Waals surface area (Å²) in [6, 6.07) is 0. The second kappa shape index (κ2) is 11.7. The highest BCUT2D eigenvalue weighted by Crippen LogP contribution is 2.23. The first-order chi connectivity index (χ1) is 10.7. The van der Waals surface area contributed by atoms with Crippen molar-refractivity contribution in [3.05, 3.63) is 0 Å². The summed E-state index contributed by atoms with van der Waals surface area (Å²) in [6.45, 7) is 9.45. The highest BCUT2D eigenvalue weighted by atomic mass is 16.5. The summed E-state index contributed by atoms with van der Waals surface area (Å²) in [4.78, 5) is 4.21. The standard InChI is InChI=1S/C16H33N3O3/c1-4-5-9-20-12-13-21-11-8-18-15(17-3)19-14-16(2)7-6-10-22-16/h4-14H2,1-3H3,(H2,17,18,19). The van der Waals surface area contributed by atoms with Crippen molar-refractivity contribution in [2.45, 2.75) is 45.1 Å². The maximum Gasteiger partial charge on any atom is 0.191 e. The van der Waals surface area contributed by atoms with Crippen LogP contribution in [-0.2, 0) is 14.2 Å². The molecule has 1 aliphatic rings. The molecule has 0 aliphatic carbocycles. The van der Waals surface area contributed by atoms with Crippen LogP contribution >= 0.6 is 0 Å². The number of unbranched alkanes of at least 4 members (excludes halogenated alkanes) is 1. The monoisotopic (exact) mass is 315 g/mol. The van der Waals surface area contributed by atoms with Gasteiger partial charge in [-0.1, -0.05) is 13.3 Å². The molecule has 0 bridgehead atoms. The molecule has 1 atom stereocenters. The minimum atomic E-state index is -0.0655. The van der Waals surface area contributed by atoms with Crippen LogP contribution in [0.2, 0.25) is 0 Å². The zero-order valence-corrected chi connectivity index (χ0v) is 14.5. The average Bonchev–Trinajstić information content (AvgIpc) is 2.95. The molecule has 1 fully saturated rings. The van der Waals surface area contributed by atoms with Gasteiger partial charge in [-0.2, -0.15) is 0 Å². The molecule has 0 aromatic heterocycles. The molecule has 1 saturated heterocycles. The summed E-state index contributed by atoms with van der Waals surface area (Å²) in [7, 11) is 1.77. The van der Waals surface area contributed by atoms with E-state index in [0.29, 0.717) is 19.8 Å². The van der Waals surface area contributed by atoms with E-state index in [1.54, 1.807) is 7.05 Å². The lowest BCUT2D eigenvalue weighted by atomic mass is 10.0. The van der Waals surface area contributed by atoms with E-state index < -0.39 is 0 Å². The second-order valence-corrected chi connectivity index (χ2v) is 5.83. The predicted molar refractivity (Wildman–Crippen MR) is 89.5 cm³/mol. The van der Waals surface area contributed by atoms with Gasteiger partial charge in [0.15, 0.2) is 5.96 Å². The molecule has 130 valence electrons. The van der Waals surface area contributed by atoms with E-state index in [2.05, 4.69) is 29.5 Å². The summed E-state index contributed by atoms with van der Waals surface area (Å²) < 4.78 is 16.7. The number of nitrogens with one attached hydrogen (secondary N) is 2. The molecule has 0 radical (unpaired) electrons. The third-order valence-electron chi connectivity index (χ3n) is 3.71. The van der Waals surface area contributed by atoms with Gasteiger partial charge in [0.05, 0.1) is 25.4 Å². The Morgan fingerprint density at radius 3 is 2.59 bits per heavy atom. The van der Waals surface area contributed by atoms with E-state index in [9.17, 15) is 0 Å². The normalized spacial score (nSPS) is 22.0. The lowest BCUT2D eigenvalue weighted by molar-refractivity contribution is 0.0242. The topological polar surface area (TPSA) is 64.1 Å². The predicted octanol–water partition coefficient (Wildman–Crippen LogP) is 1.55. The van der Waals surface area contributed by atoms with Crippen LogP contribution in [0.25, 0.3) is 0 Å². The maximum absolute atomic E-state index is 5.75. The Balaban J connectivity index is 1.97. The van der Waals surface area contributed by atoms with Crippen LogP contribution in [0.5, 0.6) is 0 Å². The van der Waals surface area contributed by atoms with Gasteiger partial charge in [-0.15, -0.1) is 0 Å². The molecule has 6 heteroatoms. The zero-order valence-electron chi connectivity index (χ0n) is 14.5. The minimum absolute atomic E-state index is 0.0655. The van der Waals surface area contributed by atoms with Crippen molar-refractivity contribution in [2.75, 3.05) is 53.2 Å². The van der Waals surface area contributed by atoms with Gasteiger partial charge in [0.25, 0.3) is 0 Å². The third kappa shape index (κ3) is 8.56. The summed E-state index contributed by atoms with van der Waals surface area (Å²) in [5.41, 5.74) is -0.0655. The first kappa shape index (κ1) is 19.2. The fourth-order valence-electron chi connectivity index (χ4n) is 2.28. The van der Waals surface area contributed by atoms with Gasteiger partial charge < -0.3 is 24.8 Å². The van der Waals surface area contributed by atoms with Crippen LogP contribution in [-0.4, -0.2) is 64.7 Å². The molecular formula is C16H33N3O3. The van der Waals surface area contributed by atoms with Gasteiger partial charge in [0.2, 0.25) is 0 Å². The molecular weight excluding hydrogens is 282 g/mol. The SMILES string of the molecule is CCCCOCCOCCNC(=NC)NCC1(C)CCCO1. The molecule has 0 spiro atoms. The van der Waals surface area contributed by atoms with Crippen LogP contribution in [0.3, 0.4) is 0 Å². The molecule has 0 saturated carbocycles. The smallest absolute Gasteiger partial charge is 0.191 e. The van der Waals surface area contributed by atoms with Crippen LogP contribution in [0.1, 0.15) is 39.5 Å².